The first-order chi connectivity index (χ1) is 13.2. The lowest BCUT2D eigenvalue weighted by Crippen LogP contribution is -2.43. The van der Waals surface area contributed by atoms with Crippen LogP contribution in [0.5, 0.6) is 0 Å². The summed E-state index contributed by atoms with van der Waals surface area (Å²) < 4.78 is 50.5. The third-order valence-electron chi connectivity index (χ3n) is 4.49. The second-order valence-electron chi connectivity index (χ2n) is 6.71. The number of hydrogen-bond acceptors (Lipinski definition) is 7. The minimum Gasteiger partial charge on any atom is -0.326 e. The number of aromatic nitrogens is 1. The molecule has 2 atom stereocenters. The van der Waals surface area contributed by atoms with E-state index in [1.807, 2.05) is 6.07 Å². The third kappa shape index (κ3) is 4.75. The van der Waals surface area contributed by atoms with Crippen molar-refractivity contribution in [3.05, 3.63) is 54.4 Å². The number of hydrogen-bond donors (Lipinski definition) is 2. The van der Waals surface area contributed by atoms with Crippen LogP contribution in [0.4, 0.5) is 5.69 Å². The maximum Gasteiger partial charge on any atom is 0.221 e. The van der Waals surface area contributed by atoms with Crippen LogP contribution in [0.25, 0.3) is 0 Å². The first-order valence-corrected chi connectivity index (χ1v) is 12.0. The van der Waals surface area contributed by atoms with Gasteiger partial charge in [0.05, 0.1) is 21.7 Å². The molecule has 0 saturated carbocycles. The van der Waals surface area contributed by atoms with Crippen LogP contribution >= 0.6 is 0 Å². The van der Waals surface area contributed by atoms with Crippen molar-refractivity contribution in [2.75, 3.05) is 16.8 Å². The van der Waals surface area contributed by atoms with Gasteiger partial charge in [0.2, 0.25) is 5.91 Å². The van der Waals surface area contributed by atoms with Gasteiger partial charge in [0.15, 0.2) is 19.7 Å². The van der Waals surface area contributed by atoms with Gasteiger partial charge in [-0.1, -0.05) is 6.07 Å². The number of carbonyl (C=O) groups is 1. The van der Waals surface area contributed by atoms with Crippen molar-refractivity contribution in [3.63, 3.8) is 0 Å². The minimum atomic E-state index is -3.88. The lowest BCUT2D eigenvalue weighted by atomic mass is 10.2. The zero-order chi connectivity index (χ0) is 20.4. The number of nitrogens with one attached hydrogen (secondary N) is 2. The van der Waals surface area contributed by atoms with Crippen LogP contribution in [0.1, 0.15) is 12.5 Å². The summed E-state index contributed by atoms with van der Waals surface area (Å²) in [5.74, 6) is -0.925. The largest absolute Gasteiger partial charge is 0.326 e. The molecule has 0 radical (unpaired) electrons. The highest BCUT2D eigenvalue weighted by Crippen LogP contribution is 2.27. The van der Waals surface area contributed by atoms with Gasteiger partial charge in [0.25, 0.3) is 0 Å². The Bertz CT molecular complexity index is 1050. The summed E-state index contributed by atoms with van der Waals surface area (Å²) in [6.07, 6.45) is 3.27. The fourth-order valence-electron chi connectivity index (χ4n) is 3.17. The highest BCUT2D eigenvalue weighted by atomic mass is 32.2. The van der Waals surface area contributed by atoms with Crippen LogP contribution in [-0.2, 0) is 31.0 Å². The Hall–Kier alpha value is -2.30. The molecule has 28 heavy (non-hydrogen) atoms. The number of pyridine rings is 1. The van der Waals surface area contributed by atoms with Gasteiger partial charge in [-0.3, -0.25) is 9.78 Å². The molecule has 2 aromatic rings. The molecule has 2 N–H and O–H groups in total. The highest BCUT2D eigenvalue weighted by Gasteiger charge is 2.45. The quantitative estimate of drug-likeness (QED) is 0.703. The molecular weight excluding hydrogens is 402 g/mol. The molecule has 1 aromatic carbocycles. The topological polar surface area (TPSA) is 122 Å². The first kappa shape index (κ1) is 20.4. The maximum atomic E-state index is 13.1. The van der Waals surface area contributed by atoms with E-state index in [9.17, 15) is 21.6 Å². The van der Waals surface area contributed by atoms with E-state index in [0.717, 1.165) is 5.56 Å². The summed E-state index contributed by atoms with van der Waals surface area (Å²) in [5, 5.41) is 4.54. The molecule has 1 amide bonds. The SMILES string of the molecule is CC(=O)Nc1ccc(S(=O)(=O)[C@H]2CS(=O)(=O)C[C@@H]2NCc2cccnc2)cc1. The van der Waals surface area contributed by atoms with Gasteiger partial charge in [0.1, 0.15) is 0 Å². The molecule has 0 unspecified atom stereocenters. The Morgan fingerprint density at radius 1 is 1.18 bits per heavy atom. The van der Waals surface area contributed by atoms with Gasteiger partial charge in [-0.25, -0.2) is 16.8 Å². The third-order valence-corrected chi connectivity index (χ3v) is 8.66. The fraction of sp³-hybridized carbons (Fsp3) is 0.333. The summed E-state index contributed by atoms with van der Waals surface area (Å²) in [7, 11) is -7.36. The number of nitrogens with zero attached hydrogens (tertiary/aromatic N) is 1. The standard InChI is InChI=1S/C18H21N3O5S2/c1-13(22)21-15-4-6-16(7-5-15)28(25,26)18-12-27(23,24)11-17(18)20-10-14-3-2-8-19-9-14/h2-9,17-18,20H,10-12H2,1H3,(H,21,22)/t17-,18-/m0/s1. The average Bonchev–Trinajstić information content (AvgIpc) is 2.96. The van der Waals surface area contributed by atoms with Crippen LogP contribution in [-0.4, -0.2) is 50.5 Å². The Morgan fingerprint density at radius 2 is 1.89 bits per heavy atom. The zero-order valence-electron chi connectivity index (χ0n) is 15.2. The molecular formula is C18H21N3O5S2. The summed E-state index contributed by atoms with van der Waals surface area (Å²) in [6.45, 7) is 1.67. The summed E-state index contributed by atoms with van der Waals surface area (Å²) in [5.41, 5.74) is 1.30. The van der Waals surface area contributed by atoms with Gasteiger partial charge >= 0.3 is 0 Å². The van der Waals surface area contributed by atoms with Gasteiger partial charge in [-0.15, -0.1) is 0 Å². The minimum absolute atomic E-state index is 0.0249. The van der Waals surface area contributed by atoms with Crippen molar-refractivity contribution in [2.45, 2.75) is 29.7 Å². The molecule has 1 aromatic heterocycles. The van der Waals surface area contributed by atoms with Gasteiger partial charge in [-0.05, 0) is 35.9 Å². The molecule has 0 bridgehead atoms. The van der Waals surface area contributed by atoms with E-state index in [0.29, 0.717) is 12.2 Å². The molecule has 2 heterocycles. The Balaban J connectivity index is 1.82. The molecule has 150 valence electrons. The molecule has 0 spiro atoms. The molecule has 3 rings (SSSR count). The zero-order valence-corrected chi connectivity index (χ0v) is 16.8. The second-order valence-corrected chi connectivity index (χ2v) is 11.0. The van der Waals surface area contributed by atoms with Crippen molar-refractivity contribution in [1.82, 2.24) is 10.3 Å². The van der Waals surface area contributed by atoms with Gasteiger partial charge in [0, 0.05) is 37.6 Å². The number of anilines is 1. The van der Waals surface area contributed by atoms with Crippen molar-refractivity contribution < 1.29 is 21.6 Å². The van der Waals surface area contributed by atoms with E-state index in [4.69, 9.17) is 0 Å². The summed E-state index contributed by atoms with van der Waals surface area (Å²) >= 11 is 0. The van der Waals surface area contributed by atoms with E-state index < -0.39 is 36.7 Å². The Kier molecular flexibility index (Phi) is 5.82. The summed E-state index contributed by atoms with van der Waals surface area (Å²) in [6, 6.07) is 8.59. The van der Waals surface area contributed by atoms with Gasteiger partial charge < -0.3 is 10.6 Å². The lowest BCUT2D eigenvalue weighted by molar-refractivity contribution is -0.114. The predicted octanol–water partition coefficient (Wildman–Crippen LogP) is 0.769. The molecule has 1 aliphatic rings. The Labute approximate surface area is 164 Å². The smallest absolute Gasteiger partial charge is 0.221 e. The predicted molar refractivity (Wildman–Crippen MR) is 105 cm³/mol. The van der Waals surface area contributed by atoms with E-state index >= 15 is 0 Å². The van der Waals surface area contributed by atoms with Crippen molar-refractivity contribution in [1.29, 1.82) is 0 Å². The molecule has 0 aliphatic carbocycles. The normalized spacial score (nSPS) is 21.3. The van der Waals surface area contributed by atoms with E-state index in [1.165, 1.54) is 31.2 Å². The molecule has 1 aliphatic heterocycles. The second kappa shape index (κ2) is 7.98. The first-order valence-electron chi connectivity index (χ1n) is 8.62. The average molecular weight is 424 g/mol. The highest BCUT2D eigenvalue weighted by molar-refractivity contribution is 7.96. The molecule has 10 heteroatoms. The molecule has 1 saturated heterocycles. The molecule has 1 fully saturated rings. The van der Waals surface area contributed by atoms with E-state index in [-0.39, 0.29) is 16.6 Å². The van der Waals surface area contributed by atoms with E-state index in [1.54, 1.807) is 18.5 Å². The van der Waals surface area contributed by atoms with E-state index in [2.05, 4.69) is 15.6 Å². The van der Waals surface area contributed by atoms with Crippen LogP contribution in [0, 0.1) is 0 Å². The van der Waals surface area contributed by atoms with Crippen molar-refractivity contribution in [2.24, 2.45) is 0 Å². The number of amides is 1. The van der Waals surface area contributed by atoms with Crippen LogP contribution < -0.4 is 10.6 Å². The van der Waals surface area contributed by atoms with Crippen molar-refractivity contribution in [3.8, 4) is 0 Å². The van der Waals surface area contributed by atoms with Crippen LogP contribution in [0.2, 0.25) is 0 Å². The van der Waals surface area contributed by atoms with Crippen LogP contribution in [0.3, 0.4) is 0 Å². The van der Waals surface area contributed by atoms with Crippen molar-refractivity contribution >= 4 is 31.3 Å². The number of sulfone groups is 2. The number of benzene rings is 1. The molecule has 8 nitrogen and oxygen atoms in total. The lowest BCUT2D eigenvalue weighted by Gasteiger charge is -2.20. The maximum absolute atomic E-state index is 13.1. The van der Waals surface area contributed by atoms with Crippen LogP contribution in [0.15, 0.2) is 53.7 Å². The summed E-state index contributed by atoms with van der Waals surface area (Å²) in [4.78, 5) is 15.1. The monoisotopic (exact) mass is 423 g/mol. The Morgan fingerprint density at radius 3 is 2.50 bits per heavy atom. The van der Waals surface area contributed by atoms with Gasteiger partial charge in [-0.2, -0.15) is 0 Å². The number of rotatable bonds is 6. The number of carbonyl (C=O) groups excluding carboxylic acids is 1. The fourth-order valence-corrected chi connectivity index (χ4v) is 7.89.